The van der Waals surface area contributed by atoms with E-state index in [4.69, 9.17) is 0 Å². The molecule has 6 heteroatoms. The van der Waals surface area contributed by atoms with E-state index >= 15 is 0 Å². The number of fused-ring (bicyclic) bond motifs is 1. The highest BCUT2D eigenvalue weighted by Gasteiger charge is 2.53. The monoisotopic (exact) mass is 556 g/mol. The van der Waals surface area contributed by atoms with Crippen molar-refractivity contribution in [3.8, 4) is 0 Å². The minimum absolute atomic E-state index is 0.0126. The number of aliphatic hydroxyl groups excluding tert-OH is 3. The predicted octanol–water partition coefficient (Wildman–Crippen LogP) is 6.01. The molecule has 3 saturated carbocycles. The van der Waals surface area contributed by atoms with Crippen LogP contribution >= 0.6 is 0 Å². The zero-order valence-electron chi connectivity index (χ0n) is 24.1. The summed E-state index contributed by atoms with van der Waals surface area (Å²) in [5, 5.41) is 30.6. The third-order valence-corrected chi connectivity index (χ3v) is 12.6. The molecule has 3 aliphatic carbocycles. The standard InChI is InChI=1S/C33H48O5S/c1-21(2)30(35)20-32(39(37,38)27-11-7-6-8-12-27)23(4)28-15-16-29-24(10-9-17-33(28,29)5)13-14-25-18-26(34)19-31(36)22(25)3/h6-8,11-14,21,23,26,28-32,34-36H,3,9-10,15-20H2,1-2,4-5H3/b24-13+,25-14-/t23-,26+,28+,29-,30?,31-,32?,33+/m0/s1. The summed E-state index contributed by atoms with van der Waals surface area (Å²) in [7, 11) is -3.63. The molecule has 0 radical (unpaired) electrons. The molecular formula is C33H48O5S. The molecule has 39 heavy (non-hydrogen) atoms. The second-order valence-corrected chi connectivity index (χ2v) is 15.1. The van der Waals surface area contributed by atoms with Crippen LogP contribution in [-0.4, -0.2) is 47.3 Å². The highest BCUT2D eigenvalue weighted by molar-refractivity contribution is 7.92. The van der Waals surface area contributed by atoms with Gasteiger partial charge in [0, 0.05) is 6.42 Å². The van der Waals surface area contributed by atoms with Crippen molar-refractivity contribution in [2.75, 3.05) is 0 Å². The van der Waals surface area contributed by atoms with Crippen LogP contribution in [0.15, 0.2) is 70.7 Å². The molecule has 2 unspecified atom stereocenters. The Morgan fingerprint density at radius 2 is 1.79 bits per heavy atom. The third-order valence-electron chi connectivity index (χ3n) is 10.2. The van der Waals surface area contributed by atoms with Gasteiger partial charge in [-0.1, -0.05) is 70.2 Å². The van der Waals surface area contributed by atoms with Gasteiger partial charge in [-0.3, -0.25) is 0 Å². The van der Waals surface area contributed by atoms with E-state index in [0.717, 1.165) is 37.7 Å². The summed E-state index contributed by atoms with van der Waals surface area (Å²) in [6.45, 7) is 12.4. The molecule has 216 valence electrons. The highest BCUT2D eigenvalue weighted by Crippen LogP contribution is 2.60. The summed E-state index contributed by atoms with van der Waals surface area (Å²) in [5.41, 5.74) is 2.99. The molecule has 0 saturated heterocycles. The van der Waals surface area contributed by atoms with Crippen molar-refractivity contribution in [2.45, 2.75) is 108 Å². The second kappa shape index (κ2) is 12.0. The lowest BCUT2D eigenvalue weighted by Gasteiger charge is -2.46. The molecule has 3 aliphatic rings. The Bertz CT molecular complexity index is 1180. The Balaban J connectivity index is 1.63. The first kappa shape index (κ1) is 30.2. The number of benzene rings is 1. The first-order chi connectivity index (χ1) is 18.4. The van der Waals surface area contributed by atoms with E-state index in [1.54, 1.807) is 24.3 Å². The van der Waals surface area contributed by atoms with Crippen LogP contribution in [0.3, 0.4) is 0 Å². The minimum atomic E-state index is -3.63. The van der Waals surface area contributed by atoms with E-state index in [0.29, 0.717) is 29.2 Å². The molecule has 0 spiro atoms. The van der Waals surface area contributed by atoms with Crippen molar-refractivity contribution < 1.29 is 23.7 Å². The van der Waals surface area contributed by atoms with Crippen LogP contribution in [0.5, 0.6) is 0 Å². The van der Waals surface area contributed by atoms with Crippen molar-refractivity contribution in [3.63, 3.8) is 0 Å². The lowest BCUT2D eigenvalue weighted by atomic mass is 9.60. The van der Waals surface area contributed by atoms with E-state index in [1.807, 2.05) is 26.0 Å². The second-order valence-electron chi connectivity index (χ2n) is 13.0. The smallest absolute Gasteiger partial charge is 0.181 e. The van der Waals surface area contributed by atoms with Crippen LogP contribution in [-0.2, 0) is 9.84 Å². The number of rotatable bonds is 8. The number of hydrogen-bond acceptors (Lipinski definition) is 5. The van der Waals surface area contributed by atoms with E-state index in [-0.39, 0.29) is 29.6 Å². The van der Waals surface area contributed by atoms with Gasteiger partial charge in [-0.15, -0.1) is 0 Å². The average molecular weight is 557 g/mol. The van der Waals surface area contributed by atoms with Crippen LogP contribution in [0.25, 0.3) is 0 Å². The largest absolute Gasteiger partial charge is 0.393 e. The first-order valence-corrected chi connectivity index (χ1v) is 16.3. The van der Waals surface area contributed by atoms with Crippen molar-refractivity contribution in [2.24, 2.45) is 29.1 Å². The Morgan fingerprint density at radius 1 is 1.10 bits per heavy atom. The topological polar surface area (TPSA) is 94.8 Å². The fourth-order valence-electron chi connectivity index (χ4n) is 7.79. The Morgan fingerprint density at radius 3 is 2.46 bits per heavy atom. The number of aliphatic hydroxyl groups is 3. The first-order valence-electron chi connectivity index (χ1n) is 14.8. The molecule has 0 aliphatic heterocycles. The SMILES string of the molecule is C=C1/C(=C\C=C2/CCC[C@]3(C)[C@@H]([C@H](C)C(CC(O)C(C)C)S(=O)(=O)c4ccccc4)CC[C@@H]23)C[C@@H](O)C[C@@H]1O. The third kappa shape index (κ3) is 6.14. The van der Waals surface area contributed by atoms with Crippen molar-refractivity contribution >= 4 is 9.84 Å². The van der Waals surface area contributed by atoms with Gasteiger partial charge in [0.2, 0.25) is 0 Å². The number of sulfone groups is 1. The summed E-state index contributed by atoms with van der Waals surface area (Å²) in [6.07, 6.45) is 8.55. The molecule has 0 heterocycles. The quantitative estimate of drug-likeness (QED) is 0.364. The predicted molar refractivity (Wildman–Crippen MR) is 157 cm³/mol. The summed E-state index contributed by atoms with van der Waals surface area (Å²) in [5.74, 6) is 0.494. The van der Waals surface area contributed by atoms with E-state index in [9.17, 15) is 23.7 Å². The lowest BCUT2D eigenvalue weighted by Crippen LogP contribution is -2.43. The minimum Gasteiger partial charge on any atom is -0.393 e. The van der Waals surface area contributed by atoms with Gasteiger partial charge >= 0.3 is 0 Å². The van der Waals surface area contributed by atoms with Gasteiger partial charge in [0.05, 0.1) is 28.5 Å². The summed E-state index contributed by atoms with van der Waals surface area (Å²) in [6, 6.07) is 8.73. The zero-order valence-corrected chi connectivity index (χ0v) is 24.9. The maximum Gasteiger partial charge on any atom is 0.181 e. The highest BCUT2D eigenvalue weighted by atomic mass is 32.2. The Hall–Kier alpha value is -1.73. The van der Waals surface area contributed by atoms with Gasteiger partial charge in [-0.25, -0.2) is 8.42 Å². The Labute approximate surface area is 235 Å². The van der Waals surface area contributed by atoms with Crippen LogP contribution in [0.2, 0.25) is 0 Å². The summed E-state index contributed by atoms with van der Waals surface area (Å²) < 4.78 is 28.0. The van der Waals surface area contributed by atoms with Crippen LogP contribution < -0.4 is 0 Å². The summed E-state index contributed by atoms with van der Waals surface area (Å²) >= 11 is 0. The van der Waals surface area contributed by atoms with Crippen molar-refractivity contribution in [3.05, 3.63) is 65.8 Å². The fourth-order valence-corrected chi connectivity index (χ4v) is 9.88. The average Bonchev–Trinajstić information content (AvgIpc) is 3.25. The lowest BCUT2D eigenvalue weighted by molar-refractivity contribution is 0.0734. The van der Waals surface area contributed by atoms with Gasteiger partial charge in [-0.05, 0) is 97.3 Å². The Kier molecular flexibility index (Phi) is 9.32. The number of hydrogen-bond donors (Lipinski definition) is 3. The van der Waals surface area contributed by atoms with Gasteiger partial charge in [0.15, 0.2) is 9.84 Å². The van der Waals surface area contributed by atoms with Crippen LogP contribution in [0, 0.1) is 29.1 Å². The van der Waals surface area contributed by atoms with E-state index in [2.05, 4.69) is 26.5 Å². The van der Waals surface area contributed by atoms with Gasteiger partial charge in [0.25, 0.3) is 0 Å². The van der Waals surface area contributed by atoms with E-state index in [1.165, 1.54) is 5.57 Å². The van der Waals surface area contributed by atoms with Crippen molar-refractivity contribution in [1.29, 1.82) is 0 Å². The van der Waals surface area contributed by atoms with E-state index < -0.39 is 33.4 Å². The molecule has 0 bridgehead atoms. The van der Waals surface area contributed by atoms with Gasteiger partial charge < -0.3 is 15.3 Å². The maximum atomic E-state index is 14.0. The molecule has 3 N–H and O–H groups in total. The molecule has 4 rings (SSSR count). The van der Waals surface area contributed by atoms with Gasteiger partial charge in [0.1, 0.15) is 0 Å². The molecule has 5 nitrogen and oxygen atoms in total. The van der Waals surface area contributed by atoms with Crippen LogP contribution in [0.4, 0.5) is 0 Å². The zero-order chi connectivity index (χ0) is 28.5. The molecule has 8 atom stereocenters. The van der Waals surface area contributed by atoms with Gasteiger partial charge in [-0.2, -0.15) is 0 Å². The maximum absolute atomic E-state index is 14.0. The molecule has 0 amide bonds. The molecule has 0 aromatic heterocycles. The molecule has 1 aromatic carbocycles. The summed E-state index contributed by atoms with van der Waals surface area (Å²) in [4.78, 5) is 0.338. The normalized spacial score (nSPS) is 34.3. The van der Waals surface area contributed by atoms with Crippen molar-refractivity contribution in [1.82, 2.24) is 0 Å². The molecular weight excluding hydrogens is 508 g/mol. The fraction of sp³-hybridized carbons (Fsp3) is 0.636. The molecule has 1 aromatic rings. The van der Waals surface area contributed by atoms with Crippen LogP contribution in [0.1, 0.15) is 79.1 Å². The number of allylic oxidation sites excluding steroid dienone is 3. The molecule has 3 fully saturated rings.